The third-order valence-corrected chi connectivity index (χ3v) is 10.8. The van der Waals surface area contributed by atoms with Crippen LogP contribution in [0.3, 0.4) is 0 Å². The van der Waals surface area contributed by atoms with Crippen molar-refractivity contribution in [3.63, 3.8) is 0 Å². The summed E-state index contributed by atoms with van der Waals surface area (Å²) in [6.07, 6.45) is 9.60. The van der Waals surface area contributed by atoms with E-state index in [1.54, 1.807) is 0 Å². The molecular formula is C49H33N7. The van der Waals surface area contributed by atoms with Gasteiger partial charge in [0, 0.05) is 61.0 Å². The van der Waals surface area contributed by atoms with Gasteiger partial charge in [-0.1, -0.05) is 121 Å². The maximum atomic E-state index is 5.34. The van der Waals surface area contributed by atoms with Crippen LogP contribution in [-0.2, 0) is 6.42 Å². The molecule has 0 radical (unpaired) electrons. The first-order valence-corrected chi connectivity index (χ1v) is 18.9. The van der Waals surface area contributed by atoms with Crippen LogP contribution in [-0.4, -0.2) is 34.1 Å². The van der Waals surface area contributed by atoms with Crippen molar-refractivity contribution in [1.82, 2.24) is 34.1 Å². The van der Waals surface area contributed by atoms with E-state index < -0.39 is 0 Å². The Bertz CT molecular complexity index is 3090. The lowest BCUT2D eigenvalue weighted by Crippen LogP contribution is -2.05. The lowest BCUT2D eigenvalue weighted by atomic mass is 10.0. The first-order chi connectivity index (χ1) is 27.8. The quantitative estimate of drug-likeness (QED) is 0.171. The van der Waals surface area contributed by atoms with E-state index in [1.807, 2.05) is 36.4 Å². The number of rotatable bonds is 6. The number of hydrogen-bond donors (Lipinski definition) is 0. The van der Waals surface area contributed by atoms with E-state index in [2.05, 4.69) is 151 Å². The number of allylic oxidation sites excluding steroid dienone is 1. The average Bonchev–Trinajstić information content (AvgIpc) is 3.80. The highest BCUT2D eigenvalue weighted by Crippen LogP contribution is 2.39. The zero-order valence-corrected chi connectivity index (χ0v) is 30.3. The molecule has 4 aromatic heterocycles. The van der Waals surface area contributed by atoms with E-state index in [0.717, 1.165) is 68.9 Å². The molecule has 6 aromatic carbocycles. The number of benzene rings is 6. The molecule has 7 nitrogen and oxygen atoms in total. The topological polar surface area (TPSA) is 74.3 Å². The molecule has 11 rings (SSSR count). The molecule has 0 saturated heterocycles. The Morgan fingerprint density at radius 3 is 1.79 bits per heavy atom. The van der Waals surface area contributed by atoms with Crippen LogP contribution in [0.2, 0.25) is 0 Å². The minimum Gasteiger partial charge on any atom is -0.313 e. The predicted molar refractivity (Wildman–Crippen MR) is 226 cm³/mol. The summed E-state index contributed by atoms with van der Waals surface area (Å²) in [6, 6.07) is 53.4. The fourth-order valence-corrected chi connectivity index (χ4v) is 8.40. The molecule has 0 amide bonds. The fraction of sp³-hybridized carbons (Fsp3) is 0.0408. The van der Waals surface area contributed by atoms with Crippen molar-refractivity contribution >= 4 is 38.8 Å². The number of fused-ring (bicyclic) bond motifs is 6. The molecule has 0 spiro atoms. The Balaban J connectivity index is 1.22. The molecule has 0 atom stereocenters. The van der Waals surface area contributed by atoms with Gasteiger partial charge in [-0.05, 0) is 55.3 Å². The standard InChI is InChI=1S/C49H33N7/c1-2-14-32(15-3-1)48-53-42(29-43(54-48)36-16-4-5-21-41(36)49-51-30-50-31-52-49)33-26-34(55-44-22-10-6-17-37(44)38-18-7-11-23-45(38)55)28-35(27-33)56-46-24-12-8-19-39(46)40-20-9-13-25-47(40)56/h1-12,14-24,26-31H,13,25H2. The lowest BCUT2D eigenvalue weighted by molar-refractivity contribution is 0.888. The maximum Gasteiger partial charge on any atom is 0.163 e. The van der Waals surface area contributed by atoms with Gasteiger partial charge in [-0.2, -0.15) is 0 Å². The van der Waals surface area contributed by atoms with E-state index >= 15 is 0 Å². The largest absolute Gasteiger partial charge is 0.313 e. The molecule has 7 heteroatoms. The van der Waals surface area contributed by atoms with Gasteiger partial charge in [-0.25, -0.2) is 24.9 Å². The molecule has 0 fully saturated rings. The van der Waals surface area contributed by atoms with Crippen molar-refractivity contribution in [3.8, 4) is 56.7 Å². The van der Waals surface area contributed by atoms with Gasteiger partial charge in [0.1, 0.15) is 12.7 Å². The Morgan fingerprint density at radius 1 is 0.464 bits per heavy atom. The van der Waals surface area contributed by atoms with Crippen LogP contribution in [0.1, 0.15) is 17.7 Å². The van der Waals surface area contributed by atoms with E-state index in [1.165, 1.54) is 45.6 Å². The lowest BCUT2D eigenvalue weighted by Gasteiger charge is -2.18. The number of nitrogens with zero attached hydrogens (tertiary/aromatic N) is 7. The van der Waals surface area contributed by atoms with Gasteiger partial charge in [0.25, 0.3) is 0 Å². The minimum atomic E-state index is 0.589. The second-order valence-corrected chi connectivity index (χ2v) is 14.1. The summed E-state index contributed by atoms with van der Waals surface area (Å²) >= 11 is 0. The second kappa shape index (κ2) is 13.1. The molecule has 10 aromatic rings. The van der Waals surface area contributed by atoms with Crippen molar-refractivity contribution in [2.75, 3.05) is 0 Å². The molecule has 264 valence electrons. The van der Waals surface area contributed by atoms with E-state index in [0.29, 0.717) is 11.6 Å². The minimum absolute atomic E-state index is 0.589. The van der Waals surface area contributed by atoms with Crippen LogP contribution in [0.5, 0.6) is 0 Å². The van der Waals surface area contributed by atoms with Gasteiger partial charge >= 0.3 is 0 Å². The number of hydrogen-bond acceptors (Lipinski definition) is 5. The fourth-order valence-electron chi connectivity index (χ4n) is 8.40. The van der Waals surface area contributed by atoms with Crippen LogP contribution in [0.25, 0.3) is 95.5 Å². The molecule has 1 aliphatic carbocycles. The number of aromatic nitrogens is 7. The van der Waals surface area contributed by atoms with Gasteiger partial charge in [0.2, 0.25) is 0 Å². The van der Waals surface area contributed by atoms with Crippen molar-refractivity contribution in [3.05, 3.63) is 182 Å². The molecule has 4 heterocycles. The second-order valence-electron chi connectivity index (χ2n) is 14.1. The summed E-state index contributed by atoms with van der Waals surface area (Å²) in [4.78, 5) is 23.6. The van der Waals surface area contributed by atoms with Crippen LogP contribution in [0, 0.1) is 0 Å². The third-order valence-electron chi connectivity index (χ3n) is 10.8. The van der Waals surface area contributed by atoms with Crippen molar-refractivity contribution in [2.45, 2.75) is 12.8 Å². The van der Waals surface area contributed by atoms with E-state index in [-0.39, 0.29) is 0 Å². The zero-order chi connectivity index (χ0) is 37.0. The Kier molecular flexibility index (Phi) is 7.48. The summed E-state index contributed by atoms with van der Waals surface area (Å²) in [5.41, 5.74) is 13.5. The Labute approximate surface area is 323 Å². The first-order valence-electron chi connectivity index (χ1n) is 18.9. The average molecular weight is 720 g/mol. The Morgan fingerprint density at radius 2 is 1.05 bits per heavy atom. The van der Waals surface area contributed by atoms with Gasteiger partial charge in [-0.3, -0.25) is 0 Å². The molecule has 0 aliphatic heterocycles. The number of para-hydroxylation sites is 3. The summed E-state index contributed by atoms with van der Waals surface area (Å²) in [5, 5.41) is 3.69. The summed E-state index contributed by atoms with van der Waals surface area (Å²) in [6.45, 7) is 0. The monoisotopic (exact) mass is 719 g/mol. The predicted octanol–water partition coefficient (Wildman–Crippen LogP) is 11.3. The molecule has 1 aliphatic rings. The van der Waals surface area contributed by atoms with Gasteiger partial charge in [-0.15, -0.1) is 0 Å². The van der Waals surface area contributed by atoms with Gasteiger partial charge < -0.3 is 9.13 Å². The van der Waals surface area contributed by atoms with Gasteiger partial charge in [0.15, 0.2) is 11.6 Å². The third kappa shape index (κ3) is 5.24. The SMILES string of the molecule is C1=Cc2c(n(-c3cc(-c4cc(-c5ccccc5-c5ncncn5)nc(-c5ccccc5)n4)cc(-n4c5ccccc5c5ccccc54)c3)c3ccccc23)CC1. The normalized spacial score (nSPS) is 12.4. The zero-order valence-electron chi connectivity index (χ0n) is 30.3. The van der Waals surface area contributed by atoms with Crippen LogP contribution >= 0.6 is 0 Å². The molecule has 0 N–H and O–H groups in total. The van der Waals surface area contributed by atoms with Crippen molar-refractivity contribution in [1.29, 1.82) is 0 Å². The molecule has 56 heavy (non-hydrogen) atoms. The maximum absolute atomic E-state index is 5.34. The van der Waals surface area contributed by atoms with Crippen LogP contribution in [0.15, 0.2) is 170 Å². The molecule has 0 unspecified atom stereocenters. The summed E-state index contributed by atoms with van der Waals surface area (Å²) in [5.74, 6) is 1.23. The highest BCUT2D eigenvalue weighted by atomic mass is 15.0. The highest BCUT2D eigenvalue weighted by molar-refractivity contribution is 6.09. The summed E-state index contributed by atoms with van der Waals surface area (Å²) in [7, 11) is 0. The molecular weight excluding hydrogens is 687 g/mol. The first kappa shape index (κ1) is 32.0. The Hall–Kier alpha value is -7.51. The molecule has 0 bridgehead atoms. The van der Waals surface area contributed by atoms with Crippen LogP contribution in [0.4, 0.5) is 0 Å². The van der Waals surface area contributed by atoms with Crippen molar-refractivity contribution < 1.29 is 0 Å². The van der Waals surface area contributed by atoms with Gasteiger partial charge in [0.05, 0.1) is 27.9 Å². The van der Waals surface area contributed by atoms with E-state index in [4.69, 9.17) is 9.97 Å². The summed E-state index contributed by atoms with van der Waals surface area (Å²) < 4.78 is 4.86. The van der Waals surface area contributed by atoms with Crippen LogP contribution < -0.4 is 0 Å². The van der Waals surface area contributed by atoms with E-state index in [9.17, 15) is 0 Å². The van der Waals surface area contributed by atoms with Crippen molar-refractivity contribution in [2.24, 2.45) is 0 Å². The smallest absolute Gasteiger partial charge is 0.163 e. The highest BCUT2D eigenvalue weighted by Gasteiger charge is 2.22. The molecule has 0 saturated carbocycles.